The fourth-order valence-corrected chi connectivity index (χ4v) is 1.17. The maximum atomic E-state index is 13.2. The van der Waals surface area contributed by atoms with Gasteiger partial charge in [-0.2, -0.15) is 0 Å². The van der Waals surface area contributed by atoms with Crippen LogP contribution >= 0.6 is 0 Å². The minimum Gasteiger partial charge on any atom is -0.481 e. The summed E-state index contributed by atoms with van der Waals surface area (Å²) in [7, 11) is 0. The number of carboxylic acid groups (broad SMARTS) is 1. The summed E-state index contributed by atoms with van der Waals surface area (Å²) >= 11 is 0. The number of hydrogen-bond acceptors (Lipinski definition) is 2. The Balaban J connectivity index is 2.76. The maximum absolute atomic E-state index is 13.2. The normalized spacial score (nSPS) is 11.3. The maximum Gasteiger partial charge on any atom is 0.573 e. The van der Waals surface area contributed by atoms with Crippen LogP contribution < -0.4 is 4.74 Å². The number of ether oxygens (including phenoxy) is 1. The van der Waals surface area contributed by atoms with Crippen LogP contribution in [0, 0.1) is 5.82 Å². The van der Waals surface area contributed by atoms with Gasteiger partial charge in [0.05, 0.1) is 0 Å². The van der Waals surface area contributed by atoms with Crippen molar-refractivity contribution in [3.8, 4) is 5.75 Å². The Morgan fingerprint density at radius 2 is 2.00 bits per heavy atom. The van der Waals surface area contributed by atoms with Crippen LogP contribution in [0.1, 0.15) is 12.0 Å². The molecule has 1 aromatic rings. The lowest BCUT2D eigenvalue weighted by Crippen LogP contribution is -2.17. The zero-order valence-corrected chi connectivity index (χ0v) is 8.42. The number of carboxylic acids is 1. The number of aliphatic carboxylic acids is 1. The number of hydrogen-bond donors (Lipinski definition) is 1. The number of rotatable bonds is 4. The standard InChI is InChI=1S/C10H8F4O3/c11-8-5-7(17-10(12,13)14)3-1-6(8)2-4-9(15)16/h1,3,5H,2,4H2,(H,15,16). The van der Waals surface area contributed by atoms with Crippen molar-refractivity contribution in [2.75, 3.05) is 0 Å². The second-order valence-corrected chi connectivity index (χ2v) is 3.19. The fourth-order valence-electron chi connectivity index (χ4n) is 1.17. The monoisotopic (exact) mass is 252 g/mol. The van der Waals surface area contributed by atoms with E-state index >= 15 is 0 Å². The molecule has 0 aliphatic rings. The minimum absolute atomic E-state index is 0.0296. The molecule has 1 rings (SSSR count). The quantitative estimate of drug-likeness (QED) is 0.838. The van der Waals surface area contributed by atoms with E-state index in [2.05, 4.69) is 4.74 Å². The second kappa shape index (κ2) is 5.03. The van der Waals surface area contributed by atoms with Gasteiger partial charge in [0.1, 0.15) is 11.6 Å². The Bertz CT molecular complexity index is 415. The number of alkyl halides is 3. The van der Waals surface area contributed by atoms with E-state index in [4.69, 9.17) is 5.11 Å². The van der Waals surface area contributed by atoms with E-state index in [-0.39, 0.29) is 18.4 Å². The van der Waals surface area contributed by atoms with E-state index in [1.807, 2.05) is 0 Å². The summed E-state index contributed by atoms with van der Waals surface area (Å²) in [5, 5.41) is 8.38. The number of aryl methyl sites for hydroxylation is 1. The van der Waals surface area contributed by atoms with Crippen LogP contribution in [0.2, 0.25) is 0 Å². The highest BCUT2D eigenvalue weighted by molar-refractivity contribution is 5.67. The average Bonchev–Trinajstić information content (AvgIpc) is 2.13. The van der Waals surface area contributed by atoms with Gasteiger partial charge in [0.15, 0.2) is 0 Å². The predicted molar refractivity (Wildman–Crippen MR) is 49.0 cm³/mol. The van der Waals surface area contributed by atoms with Crippen LogP contribution in [0.5, 0.6) is 5.75 Å². The number of halogens is 4. The lowest BCUT2D eigenvalue weighted by molar-refractivity contribution is -0.274. The van der Waals surface area contributed by atoms with Gasteiger partial charge in [-0.15, -0.1) is 13.2 Å². The topological polar surface area (TPSA) is 46.5 Å². The molecule has 3 nitrogen and oxygen atoms in total. The van der Waals surface area contributed by atoms with Crippen LogP contribution in [0.15, 0.2) is 18.2 Å². The van der Waals surface area contributed by atoms with Crippen molar-refractivity contribution in [3.05, 3.63) is 29.6 Å². The molecular formula is C10H8F4O3. The van der Waals surface area contributed by atoms with Crippen LogP contribution in [0.25, 0.3) is 0 Å². The summed E-state index contributed by atoms with van der Waals surface area (Å²) in [5.41, 5.74) is 0.0296. The van der Waals surface area contributed by atoms with E-state index in [9.17, 15) is 22.4 Å². The van der Waals surface area contributed by atoms with Crippen LogP contribution in [-0.4, -0.2) is 17.4 Å². The van der Waals surface area contributed by atoms with Crippen molar-refractivity contribution in [3.63, 3.8) is 0 Å². The molecule has 1 N–H and O–H groups in total. The largest absolute Gasteiger partial charge is 0.573 e. The molecule has 7 heteroatoms. The summed E-state index contributed by atoms with van der Waals surface area (Å²) in [6.07, 6.45) is -5.26. The molecule has 94 valence electrons. The second-order valence-electron chi connectivity index (χ2n) is 3.19. The van der Waals surface area contributed by atoms with Crippen LogP contribution in [0.4, 0.5) is 17.6 Å². The zero-order valence-electron chi connectivity index (χ0n) is 8.42. The molecule has 0 spiro atoms. The van der Waals surface area contributed by atoms with Crippen molar-refractivity contribution >= 4 is 5.97 Å². The summed E-state index contributed by atoms with van der Waals surface area (Å²) < 4.78 is 52.2. The van der Waals surface area contributed by atoms with Crippen molar-refractivity contribution < 1.29 is 32.2 Å². The molecule has 0 saturated heterocycles. The first-order valence-corrected chi connectivity index (χ1v) is 4.54. The molecule has 0 fully saturated rings. The fraction of sp³-hybridized carbons (Fsp3) is 0.300. The Morgan fingerprint density at radius 3 is 2.47 bits per heavy atom. The van der Waals surface area contributed by atoms with Crippen LogP contribution in [-0.2, 0) is 11.2 Å². The average molecular weight is 252 g/mol. The minimum atomic E-state index is -4.88. The summed E-state index contributed by atoms with van der Waals surface area (Å²) in [4.78, 5) is 10.2. The molecule has 0 aliphatic heterocycles. The van der Waals surface area contributed by atoms with Gasteiger partial charge in [0, 0.05) is 12.5 Å². The van der Waals surface area contributed by atoms with E-state index in [0.29, 0.717) is 6.07 Å². The van der Waals surface area contributed by atoms with E-state index in [0.717, 1.165) is 12.1 Å². The van der Waals surface area contributed by atoms with Gasteiger partial charge >= 0.3 is 12.3 Å². The highest BCUT2D eigenvalue weighted by Gasteiger charge is 2.31. The lowest BCUT2D eigenvalue weighted by atomic mass is 10.1. The molecule has 0 radical (unpaired) electrons. The van der Waals surface area contributed by atoms with Crippen molar-refractivity contribution in [2.45, 2.75) is 19.2 Å². The molecule has 17 heavy (non-hydrogen) atoms. The first-order chi connectivity index (χ1) is 7.78. The summed E-state index contributed by atoms with van der Waals surface area (Å²) in [6, 6.07) is 2.58. The SMILES string of the molecule is O=C(O)CCc1ccc(OC(F)(F)F)cc1F. The first kappa shape index (κ1) is 13.3. The van der Waals surface area contributed by atoms with E-state index < -0.39 is 23.9 Å². The van der Waals surface area contributed by atoms with Gasteiger partial charge in [-0.1, -0.05) is 6.07 Å². The Labute approximate surface area is 93.6 Å². The molecular weight excluding hydrogens is 244 g/mol. The van der Waals surface area contributed by atoms with Gasteiger partial charge in [0.2, 0.25) is 0 Å². The third kappa shape index (κ3) is 4.71. The van der Waals surface area contributed by atoms with E-state index in [1.54, 1.807) is 0 Å². The highest BCUT2D eigenvalue weighted by Crippen LogP contribution is 2.24. The van der Waals surface area contributed by atoms with Gasteiger partial charge in [-0.3, -0.25) is 4.79 Å². The van der Waals surface area contributed by atoms with Crippen molar-refractivity contribution in [1.82, 2.24) is 0 Å². The molecule has 0 atom stereocenters. The van der Waals surface area contributed by atoms with Crippen molar-refractivity contribution in [2.24, 2.45) is 0 Å². The van der Waals surface area contributed by atoms with E-state index in [1.165, 1.54) is 0 Å². The predicted octanol–water partition coefficient (Wildman–Crippen LogP) is 2.74. The molecule has 0 aromatic heterocycles. The Morgan fingerprint density at radius 1 is 1.35 bits per heavy atom. The summed E-state index contributed by atoms with van der Waals surface area (Å²) in [5.74, 6) is -2.71. The Kier molecular flexibility index (Phi) is 3.93. The summed E-state index contributed by atoms with van der Waals surface area (Å²) in [6.45, 7) is 0. The molecule has 0 bridgehead atoms. The number of carbonyl (C=O) groups is 1. The molecule has 1 aromatic carbocycles. The third-order valence-corrected chi connectivity index (χ3v) is 1.87. The Hall–Kier alpha value is -1.79. The van der Waals surface area contributed by atoms with Gasteiger partial charge in [-0.25, -0.2) is 4.39 Å². The lowest BCUT2D eigenvalue weighted by Gasteiger charge is -2.09. The third-order valence-electron chi connectivity index (χ3n) is 1.87. The molecule has 0 saturated carbocycles. The molecule has 0 amide bonds. The van der Waals surface area contributed by atoms with Crippen molar-refractivity contribution in [1.29, 1.82) is 0 Å². The van der Waals surface area contributed by atoms with Gasteiger partial charge < -0.3 is 9.84 Å². The highest BCUT2D eigenvalue weighted by atomic mass is 19.4. The number of benzene rings is 1. The molecule has 0 aliphatic carbocycles. The zero-order chi connectivity index (χ0) is 13.1. The molecule has 0 unspecified atom stereocenters. The van der Waals surface area contributed by atoms with Gasteiger partial charge in [-0.05, 0) is 18.1 Å². The van der Waals surface area contributed by atoms with Crippen LogP contribution in [0.3, 0.4) is 0 Å². The smallest absolute Gasteiger partial charge is 0.481 e. The first-order valence-electron chi connectivity index (χ1n) is 4.54. The van der Waals surface area contributed by atoms with Gasteiger partial charge in [0.25, 0.3) is 0 Å². The molecule has 0 heterocycles.